The van der Waals surface area contributed by atoms with Gasteiger partial charge in [0.25, 0.3) is 0 Å². The predicted molar refractivity (Wildman–Crippen MR) is 78.5 cm³/mol. The topological polar surface area (TPSA) is 54.2 Å². The molecule has 0 spiro atoms. The number of hydrogen-bond donors (Lipinski definition) is 2. The van der Waals surface area contributed by atoms with Gasteiger partial charge in [0.15, 0.2) is 0 Å². The van der Waals surface area contributed by atoms with E-state index in [9.17, 15) is 0 Å². The molecule has 100 valence electrons. The highest BCUT2D eigenvalue weighted by atomic mass is 32.2. The Morgan fingerprint density at radius 2 is 2.28 bits per heavy atom. The van der Waals surface area contributed by atoms with Gasteiger partial charge in [-0.25, -0.2) is 10.8 Å². The van der Waals surface area contributed by atoms with Crippen LogP contribution < -0.4 is 11.3 Å². The first-order valence-electron chi connectivity index (χ1n) is 6.38. The number of thioether (sulfide) groups is 1. The second-order valence-corrected chi connectivity index (χ2v) is 7.09. The van der Waals surface area contributed by atoms with Crippen molar-refractivity contribution in [2.45, 2.75) is 31.6 Å². The maximum atomic E-state index is 5.38. The summed E-state index contributed by atoms with van der Waals surface area (Å²) >= 11 is 2.07. The van der Waals surface area contributed by atoms with Crippen LogP contribution in [0.5, 0.6) is 0 Å². The molecule has 5 heteroatoms. The fourth-order valence-corrected chi connectivity index (χ4v) is 3.24. The van der Waals surface area contributed by atoms with Crippen LogP contribution in [-0.4, -0.2) is 33.5 Å². The van der Waals surface area contributed by atoms with Gasteiger partial charge >= 0.3 is 0 Å². The number of nitrogen functional groups attached to an aromatic ring is 1. The lowest BCUT2D eigenvalue weighted by atomic mass is 10.1. The molecule has 1 aliphatic rings. The molecule has 0 atom stereocenters. The van der Waals surface area contributed by atoms with E-state index < -0.39 is 0 Å². The number of nitrogens with one attached hydrogen (secondary N) is 1. The van der Waals surface area contributed by atoms with Gasteiger partial charge in [-0.1, -0.05) is 19.9 Å². The molecule has 1 fully saturated rings. The number of nitrogens with zero attached hydrogens (tertiary/aromatic N) is 2. The van der Waals surface area contributed by atoms with Gasteiger partial charge in [0.2, 0.25) is 0 Å². The van der Waals surface area contributed by atoms with Crippen LogP contribution in [0.15, 0.2) is 18.2 Å². The van der Waals surface area contributed by atoms with E-state index in [1.807, 2.05) is 12.1 Å². The molecule has 0 radical (unpaired) electrons. The van der Waals surface area contributed by atoms with Gasteiger partial charge in [-0.2, -0.15) is 11.8 Å². The first kappa shape index (κ1) is 13.6. The summed E-state index contributed by atoms with van der Waals surface area (Å²) in [4.78, 5) is 6.94. The molecule has 0 aliphatic carbocycles. The number of hydrazine groups is 1. The van der Waals surface area contributed by atoms with Crippen LogP contribution in [0.3, 0.4) is 0 Å². The van der Waals surface area contributed by atoms with Crippen molar-refractivity contribution in [2.24, 2.45) is 5.84 Å². The van der Waals surface area contributed by atoms with E-state index in [1.165, 1.54) is 12.2 Å². The van der Waals surface area contributed by atoms with Crippen molar-refractivity contribution < 1.29 is 0 Å². The summed E-state index contributed by atoms with van der Waals surface area (Å²) in [5.74, 6) is 7.31. The number of hydrogen-bond acceptors (Lipinski definition) is 5. The molecule has 1 aromatic heterocycles. The van der Waals surface area contributed by atoms with Gasteiger partial charge in [-0.05, 0) is 25.1 Å². The minimum Gasteiger partial charge on any atom is -0.308 e. The molecular weight excluding hydrogens is 244 g/mol. The van der Waals surface area contributed by atoms with Crippen LogP contribution >= 0.6 is 11.8 Å². The molecule has 2 rings (SSSR count). The molecule has 0 saturated carbocycles. The fraction of sp³-hybridized carbons (Fsp3) is 0.615. The van der Waals surface area contributed by atoms with Gasteiger partial charge < -0.3 is 5.43 Å². The molecule has 0 aromatic carbocycles. The summed E-state index contributed by atoms with van der Waals surface area (Å²) in [6.07, 6.45) is 1.23. The zero-order valence-electron chi connectivity index (χ0n) is 11.1. The van der Waals surface area contributed by atoms with Crippen molar-refractivity contribution in [2.75, 3.05) is 24.3 Å². The highest BCUT2D eigenvalue weighted by Crippen LogP contribution is 2.30. The molecule has 4 nitrogen and oxygen atoms in total. The van der Waals surface area contributed by atoms with Crippen molar-refractivity contribution >= 4 is 17.6 Å². The third-order valence-corrected chi connectivity index (χ3v) is 4.64. The van der Waals surface area contributed by atoms with Gasteiger partial charge in [0, 0.05) is 23.6 Å². The van der Waals surface area contributed by atoms with E-state index in [-0.39, 0.29) is 0 Å². The van der Waals surface area contributed by atoms with Gasteiger partial charge in [0.05, 0.1) is 5.69 Å². The Kier molecular flexibility index (Phi) is 4.48. The van der Waals surface area contributed by atoms with Crippen LogP contribution in [0.1, 0.15) is 26.0 Å². The molecule has 0 amide bonds. The van der Waals surface area contributed by atoms with Crippen LogP contribution in [-0.2, 0) is 6.54 Å². The SMILES string of the molecule is CC1(C)CCN(Cc2cccc(NN)n2)CCS1. The zero-order valence-corrected chi connectivity index (χ0v) is 12.0. The lowest BCUT2D eigenvalue weighted by Gasteiger charge is -2.22. The Labute approximate surface area is 113 Å². The van der Waals surface area contributed by atoms with Crippen molar-refractivity contribution in [3.05, 3.63) is 23.9 Å². The van der Waals surface area contributed by atoms with Crippen molar-refractivity contribution in [1.29, 1.82) is 0 Å². The average Bonchev–Trinajstić information content (AvgIpc) is 2.51. The number of pyridine rings is 1. The van der Waals surface area contributed by atoms with Gasteiger partial charge in [0.1, 0.15) is 5.82 Å². The largest absolute Gasteiger partial charge is 0.308 e. The average molecular weight is 266 g/mol. The molecule has 18 heavy (non-hydrogen) atoms. The summed E-state index contributed by atoms with van der Waals surface area (Å²) in [6.45, 7) is 7.85. The minimum absolute atomic E-state index is 0.406. The maximum Gasteiger partial charge on any atom is 0.140 e. The normalized spacial score (nSPS) is 20.4. The molecule has 2 heterocycles. The molecular formula is C13H22N4S. The Morgan fingerprint density at radius 3 is 3.06 bits per heavy atom. The quantitative estimate of drug-likeness (QED) is 0.648. The van der Waals surface area contributed by atoms with Crippen LogP contribution in [0.2, 0.25) is 0 Å². The highest BCUT2D eigenvalue weighted by Gasteiger charge is 2.23. The summed E-state index contributed by atoms with van der Waals surface area (Å²) in [6, 6.07) is 5.93. The lowest BCUT2D eigenvalue weighted by molar-refractivity contribution is 0.273. The van der Waals surface area contributed by atoms with E-state index in [4.69, 9.17) is 5.84 Å². The predicted octanol–water partition coefficient (Wildman–Crippen LogP) is 2.08. The van der Waals surface area contributed by atoms with Crippen molar-refractivity contribution in [1.82, 2.24) is 9.88 Å². The van der Waals surface area contributed by atoms with Crippen LogP contribution in [0.4, 0.5) is 5.82 Å². The van der Waals surface area contributed by atoms with E-state index in [2.05, 4.69) is 47.0 Å². The summed E-state index contributed by atoms with van der Waals surface area (Å²) in [5.41, 5.74) is 3.68. The first-order chi connectivity index (χ1) is 8.59. The molecule has 3 N–H and O–H groups in total. The Hall–Kier alpha value is -0.780. The first-order valence-corrected chi connectivity index (χ1v) is 7.36. The Balaban J connectivity index is 1.96. The number of nitrogens with two attached hydrogens (primary N) is 1. The maximum absolute atomic E-state index is 5.38. The second-order valence-electron chi connectivity index (χ2n) is 5.29. The third kappa shape index (κ3) is 3.86. The molecule has 1 aliphatic heterocycles. The second kappa shape index (κ2) is 5.91. The standard InChI is InChI=1S/C13H22N4S/c1-13(2)6-7-17(8-9-18-13)10-11-4-3-5-12(15-11)16-14/h3-5H,6-10,14H2,1-2H3,(H,15,16). The molecule has 1 aromatic rings. The van der Waals surface area contributed by atoms with Gasteiger partial charge in [-0.15, -0.1) is 0 Å². The summed E-state index contributed by atoms with van der Waals surface area (Å²) in [5, 5.41) is 0. The smallest absolute Gasteiger partial charge is 0.140 e. The van der Waals surface area contributed by atoms with E-state index >= 15 is 0 Å². The number of aromatic nitrogens is 1. The zero-order chi connectivity index (χ0) is 13.0. The monoisotopic (exact) mass is 266 g/mol. The number of anilines is 1. The van der Waals surface area contributed by atoms with Crippen molar-refractivity contribution in [3.8, 4) is 0 Å². The van der Waals surface area contributed by atoms with Gasteiger partial charge in [-0.3, -0.25) is 4.90 Å². The Bertz CT molecular complexity index is 394. The van der Waals surface area contributed by atoms with E-state index in [1.54, 1.807) is 0 Å². The lowest BCUT2D eigenvalue weighted by Crippen LogP contribution is -2.27. The van der Waals surface area contributed by atoms with Crippen LogP contribution in [0.25, 0.3) is 0 Å². The van der Waals surface area contributed by atoms with Crippen molar-refractivity contribution in [3.63, 3.8) is 0 Å². The van der Waals surface area contributed by atoms with E-state index in [0.29, 0.717) is 4.75 Å². The molecule has 1 saturated heterocycles. The third-order valence-electron chi connectivity index (χ3n) is 3.27. The van der Waals surface area contributed by atoms with E-state index in [0.717, 1.165) is 31.1 Å². The highest BCUT2D eigenvalue weighted by molar-refractivity contribution is 8.00. The summed E-state index contributed by atoms with van der Waals surface area (Å²) < 4.78 is 0.406. The number of rotatable bonds is 3. The Morgan fingerprint density at radius 1 is 1.44 bits per heavy atom. The summed E-state index contributed by atoms with van der Waals surface area (Å²) in [7, 11) is 0. The minimum atomic E-state index is 0.406. The van der Waals surface area contributed by atoms with Crippen LogP contribution in [0, 0.1) is 0 Å². The molecule has 0 bridgehead atoms. The molecule has 0 unspecified atom stereocenters. The fourth-order valence-electron chi connectivity index (χ4n) is 2.10.